The summed E-state index contributed by atoms with van der Waals surface area (Å²) in [7, 11) is 0. The first-order valence-corrected chi connectivity index (χ1v) is 7.83. The smallest absolute Gasteiger partial charge is 0.252 e. The average Bonchev–Trinajstić information content (AvgIpc) is 2.51. The summed E-state index contributed by atoms with van der Waals surface area (Å²) in [5.74, 6) is -0.224. The number of rotatable bonds is 6. The van der Waals surface area contributed by atoms with E-state index in [-0.39, 0.29) is 17.5 Å². The number of carbonyl (C=O) groups is 1. The molecule has 5 nitrogen and oxygen atoms in total. The van der Waals surface area contributed by atoms with Crippen molar-refractivity contribution in [3.63, 3.8) is 0 Å². The zero-order valence-corrected chi connectivity index (χ0v) is 13.7. The van der Waals surface area contributed by atoms with Crippen molar-refractivity contribution in [2.45, 2.75) is 25.9 Å². The molecule has 0 aliphatic heterocycles. The van der Waals surface area contributed by atoms with Gasteiger partial charge < -0.3 is 15.6 Å². The van der Waals surface area contributed by atoms with Gasteiger partial charge in [0.15, 0.2) is 0 Å². The van der Waals surface area contributed by atoms with Gasteiger partial charge in [-0.15, -0.1) is 0 Å². The maximum absolute atomic E-state index is 12.1. The van der Waals surface area contributed by atoms with Crippen molar-refractivity contribution < 1.29 is 4.79 Å². The van der Waals surface area contributed by atoms with Crippen LogP contribution >= 0.6 is 11.6 Å². The Morgan fingerprint density at radius 2 is 2.04 bits per heavy atom. The third-order valence-electron chi connectivity index (χ3n) is 3.43. The Balaban J connectivity index is 2.14. The summed E-state index contributed by atoms with van der Waals surface area (Å²) in [5.41, 5.74) is 6.73. The van der Waals surface area contributed by atoms with Crippen LogP contribution in [0.5, 0.6) is 0 Å². The summed E-state index contributed by atoms with van der Waals surface area (Å²) in [6.45, 7) is 2.70. The molecule has 1 aromatic carbocycles. The van der Waals surface area contributed by atoms with Crippen molar-refractivity contribution in [1.82, 2.24) is 9.88 Å². The van der Waals surface area contributed by atoms with Gasteiger partial charge in [0, 0.05) is 29.9 Å². The van der Waals surface area contributed by atoms with Crippen LogP contribution in [0.3, 0.4) is 0 Å². The number of benzene rings is 1. The van der Waals surface area contributed by atoms with Gasteiger partial charge in [0.05, 0.1) is 12.1 Å². The number of halogens is 1. The summed E-state index contributed by atoms with van der Waals surface area (Å²) < 4.78 is 1.47. The van der Waals surface area contributed by atoms with Crippen LogP contribution in [-0.2, 0) is 6.54 Å². The second kappa shape index (κ2) is 7.94. The molecule has 1 amide bonds. The predicted molar refractivity (Wildman–Crippen MR) is 91.9 cm³/mol. The van der Waals surface area contributed by atoms with Gasteiger partial charge in [-0.2, -0.15) is 0 Å². The predicted octanol–water partition coefficient (Wildman–Crippen LogP) is 2.02. The van der Waals surface area contributed by atoms with Crippen LogP contribution < -0.4 is 16.6 Å². The Morgan fingerprint density at radius 1 is 1.30 bits per heavy atom. The molecule has 0 fully saturated rings. The molecular formula is C17H20ClN3O2. The summed E-state index contributed by atoms with van der Waals surface area (Å²) in [6.07, 6.45) is 2.25. The molecule has 2 rings (SSSR count). The molecule has 0 bridgehead atoms. The van der Waals surface area contributed by atoms with Crippen molar-refractivity contribution in [2.75, 3.05) is 6.54 Å². The molecule has 3 N–H and O–H groups in total. The van der Waals surface area contributed by atoms with E-state index in [1.54, 1.807) is 12.3 Å². The van der Waals surface area contributed by atoms with Gasteiger partial charge in [-0.05, 0) is 31.0 Å². The van der Waals surface area contributed by atoms with Crippen LogP contribution in [0.1, 0.15) is 29.3 Å². The molecule has 122 valence electrons. The summed E-state index contributed by atoms with van der Waals surface area (Å²) >= 11 is 6.12. The molecule has 1 heterocycles. The first-order valence-electron chi connectivity index (χ1n) is 7.45. The van der Waals surface area contributed by atoms with Gasteiger partial charge in [0.2, 0.25) is 0 Å². The monoisotopic (exact) mass is 333 g/mol. The van der Waals surface area contributed by atoms with Crippen molar-refractivity contribution >= 4 is 17.5 Å². The third kappa shape index (κ3) is 4.94. The Labute approximate surface area is 140 Å². The molecule has 23 heavy (non-hydrogen) atoms. The zero-order valence-electron chi connectivity index (χ0n) is 13.0. The Hall–Kier alpha value is -2.11. The topological polar surface area (TPSA) is 77.1 Å². The Bertz CT molecular complexity index is 741. The molecule has 0 saturated heterocycles. The van der Waals surface area contributed by atoms with Crippen LogP contribution in [0.15, 0.2) is 47.4 Å². The van der Waals surface area contributed by atoms with Crippen LogP contribution in [-0.4, -0.2) is 23.1 Å². The maximum Gasteiger partial charge on any atom is 0.252 e. The van der Waals surface area contributed by atoms with E-state index in [4.69, 9.17) is 17.3 Å². The minimum atomic E-state index is -0.224. The van der Waals surface area contributed by atoms with E-state index in [1.807, 2.05) is 25.1 Å². The van der Waals surface area contributed by atoms with Gasteiger partial charge >= 0.3 is 0 Å². The number of hydrogen-bond acceptors (Lipinski definition) is 3. The van der Waals surface area contributed by atoms with Crippen LogP contribution in [0.2, 0.25) is 5.02 Å². The number of hydrogen-bond donors (Lipinski definition) is 2. The number of nitrogens with zero attached hydrogens (tertiary/aromatic N) is 1. The van der Waals surface area contributed by atoms with E-state index in [9.17, 15) is 9.59 Å². The van der Waals surface area contributed by atoms with Crippen LogP contribution in [0.25, 0.3) is 0 Å². The molecule has 0 spiro atoms. The average molecular weight is 334 g/mol. The fraction of sp³-hybridized carbons (Fsp3) is 0.294. The van der Waals surface area contributed by atoms with Gasteiger partial charge in [-0.3, -0.25) is 9.59 Å². The number of pyridine rings is 1. The zero-order chi connectivity index (χ0) is 16.8. The molecule has 6 heteroatoms. The minimum absolute atomic E-state index is 0.0319. The molecular weight excluding hydrogens is 314 g/mol. The summed E-state index contributed by atoms with van der Waals surface area (Å²) in [6, 6.07) is 10.2. The highest BCUT2D eigenvalue weighted by atomic mass is 35.5. The van der Waals surface area contributed by atoms with Gasteiger partial charge in [-0.25, -0.2) is 0 Å². The van der Waals surface area contributed by atoms with Crippen molar-refractivity contribution in [3.05, 3.63) is 69.1 Å². The number of aromatic nitrogens is 1. The second-order valence-corrected chi connectivity index (χ2v) is 5.90. The van der Waals surface area contributed by atoms with Gasteiger partial charge in [0.25, 0.3) is 11.5 Å². The Kier molecular flexibility index (Phi) is 5.96. The molecule has 0 aliphatic carbocycles. The highest BCUT2D eigenvalue weighted by Gasteiger charge is 2.09. The van der Waals surface area contributed by atoms with Gasteiger partial charge in [-0.1, -0.05) is 29.8 Å². The van der Waals surface area contributed by atoms with E-state index in [0.29, 0.717) is 30.1 Å². The first kappa shape index (κ1) is 17.2. The van der Waals surface area contributed by atoms with E-state index in [2.05, 4.69) is 5.32 Å². The fourth-order valence-electron chi connectivity index (χ4n) is 2.11. The van der Waals surface area contributed by atoms with Crippen LogP contribution in [0.4, 0.5) is 0 Å². The maximum atomic E-state index is 12.1. The fourth-order valence-corrected chi connectivity index (χ4v) is 2.31. The van der Waals surface area contributed by atoms with E-state index in [0.717, 1.165) is 5.56 Å². The Morgan fingerprint density at radius 3 is 2.74 bits per heavy atom. The lowest BCUT2D eigenvalue weighted by Gasteiger charge is -2.11. The second-order valence-electron chi connectivity index (χ2n) is 5.50. The van der Waals surface area contributed by atoms with Crippen molar-refractivity contribution in [1.29, 1.82) is 0 Å². The summed E-state index contributed by atoms with van der Waals surface area (Å²) in [5, 5.41) is 3.38. The highest BCUT2D eigenvalue weighted by Crippen LogP contribution is 2.15. The molecule has 1 unspecified atom stereocenters. The van der Waals surface area contributed by atoms with E-state index >= 15 is 0 Å². The molecule has 0 aliphatic rings. The number of carbonyl (C=O) groups excluding carboxylic acids is 1. The van der Waals surface area contributed by atoms with Crippen molar-refractivity contribution in [2.24, 2.45) is 5.73 Å². The van der Waals surface area contributed by atoms with Gasteiger partial charge in [0.1, 0.15) is 0 Å². The minimum Gasteiger partial charge on any atom is -0.352 e. The lowest BCUT2D eigenvalue weighted by Crippen LogP contribution is -2.30. The molecule has 0 saturated carbocycles. The van der Waals surface area contributed by atoms with Crippen molar-refractivity contribution in [3.8, 4) is 0 Å². The summed E-state index contributed by atoms with van der Waals surface area (Å²) in [4.78, 5) is 24.1. The van der Waals surface area contributed by atoms with E-state index < -0.39 is 0 Å². The van der Waals surface area contributed by atoms with E-state index in [1.165, 1.54) is 16.7 Å². The lowest BCUT2D eigenvalue weighted by molar-refractivity contribution is 0.0952. The molecule has 0 radical (unpaired) electrons. The normalized spacial score (nSPS) is 12.0. The van der Waals surface area contributed by atoms with Crippen LogP contribution in [0, 0.1) is 0 Å². The standard InChI is InChI=1S/C17H20ClN3O2/c1-12(19)8-9-20-17(23)14-6-7-16(22)21(11-14)10-13-4-2-3-5-15(13)18/h2-7,11-12H,8-10,19H2,1H3,(H,20,23). The largest absolute Gasteiger partial charge is 0.352 e. The highest BCUT2D eigenvalue weighted by molar-refractivity contribution is 6.31. The molecule has 1 aromatic heterocycles. The lowest BCUT2D eigenvalue weighted by atomic mass is 10.2. The molecule has 1 atom stereocenters. The quantitative estimate of drug-likeness (QED) is 0.849. The number of nitrogens with one attached hydrogen (secondary N) is 1. The first-order chi connectivity index (χ1) is 11.0. The number of nitrogens with two attached hydrogens (primary N) is 1. The number of amides is 1. The third-order valence-corrected chi connectivity index (χ3v) is 3.80. The molecule has 2 aromatic rings. The SMILES string of the molecule is CC(N)CCNC(=O)c1ccc(=O)n(Cc2ccccc2Cl)c1.